The molecule has 0 aliphatic rings. The Balaban J connectivity index is 2.11. The number of nitrogens with zero attached hydrogens (tertiary/aromatic N) is 2. The third-order valence-electron chi connectivity index (χ3n) is 6.94. The van der Waals surface area contributed by atoms with Crippen LogP contribution in [0.2, 0.25) is 5.02 Å². The molecule has 3 rings (SSSR count). The van der Waals surface area contributed by atoms with Gasteiger partial charge in [0.15, 0.2) is 0 Å². The molecule has 0 saturated carbocycles. The highest BCUT2D eigenvalue weighted by Gasteiger charge is 2.34. The largest absolute Gasteiger partial charge is 0.352 e. The molecule has 0 aromatic heterocycles. The quantitative estimate of drug-likeness (QED) is 0.314. The van der Waals surface area contributed by atoms with Crippen LogP contribution in [-0.4, -0.2) is 50.0 Å². The van der Waals surface area contributed by atoms with E-state index in [-0.39, 0.29) is 24.9 Å². The zero-order valence-corrected chi connectivity index (χ0v) is 25.3. The number of para-hydroxylation sites is 1. The van der Waals surface area contributed by atoms with E-state index < -0.39 is 28.5 Å². The molecule has 0 radical (unpaired) electrons. The Hall–Kier alpha value is -3.36. The minimum Gasteiger partial charge on any atom is -0.352 e. The number of amides is 2. The average Bonchev–Trinajstić information content (AvgIpc) is 2.90. The first kappa shape index (κ1) is 31.2. The van der Waals surface area contributed by atoms with E-state index in [1.54, 1.807) is 18.2 Å². The molecule has 2 amide bonds. The van der Waals surface area contributed by atoms with Crippen LogP contribution >= 0.6 is 11.6 Å². The van der Waals surface area contributed by atoms with Gasteiger partial charge >= 0.3 is 0 Å². The first-order chi connectivity index (χ1) is 18.9. The number of anilines is 1. The molecular formula is C31H38ClN3O4S. The second kappa shape index (κ2) is 13.8. The van der Waals surface area contributed by atoms with E-state index in [0.717, 1.165) is 33.7 Å². The number of carbonyl (C=O) groups is 2. The van der Waals surface area contributed by atoms with Crippen LogP contribution in [-0.2, 0) is 32.6 Å². The summed E-state index contributed by atoms with van der Waals surface area (Å²) in [7, 11) is -3.84. The van der Waals surface area contributed by atoms with E-state index in [1.807, 2.05) is 82.3 Å². The maximum Gasteiger partial charge on any atom is 0.244 e. The van der Waals surface area contributed by atoms with E-state index in [1.165, 1.54) is 4.90 Å². The monoisotopic (exact) mass is 583 g/mol. The molecule has 1 N–H and O–H groups in total. The lowest BCUT2D eigenvalue weighted by molar-refractivity contribution is -0.140. The predicted octanol–water partition coefficient (Wildman–Crippen LogP) is 5.28. The molecule has 40 heavy (non-hydrogen) atoms. The maximum absolute atomic E-state index is 14.2. The highest BCUT2D eigenvalue weighted by atomic mass is 35.5. The summed E-state index contributed by atoms with van der Waals surface area (Å²) < 4.78 is 27.2. The van der Waals surface area contributed by atoms with E-state index in [2.05, 4.69) is 5.32 Å². The van der Waals surface area contributed by atoms with Crippen molar-refractivity contribution in [1.82, 2.24) is 10.2 Å². The lowest BCUT2D eigenvalue weighted by Gasteiger charge is -2.34. The second-order valence-corrected chi connectivity index (χ2v) is 12.5. The third kappa shape index (κ3) is 8.08. The molecular weight excluding hydrogens is 546 g/mol. The van der Waals surface area contributed by atoms with Gasteiger partial charge in [-0.15, -0.1) is 0 Å². The van der Waals surface area contributed by atoms with Crippen molar-refractivity contribution in [2.75, 3.05) is 17.1 Å². The summed E-state index contributed by atoms with van der Waals surface area (Å²) in [6.07, 6.45) is 2.06. The fourth-order valence-corrected chi connectivity index (χ4v) is 5.74. The number of halogens is 1. The van der Waals surface area contributed by atoms with E-state index >= 15 is 0 Å². The van der Waals surface area contributed by atoms with Crippen LogP contribution in [0.1, 0.15) is 42.5 Å². The van der Waals surface area contributed by atoms with Crippen LogP contribution in [0.25, 0.3) is 0 Å². The number of nitrogens with one attached hydrogen (secondary N) is 1. The first-order valence-corrected chi connectivity index (χ1v) is 15.6. The van der Waals surface area contributed by atoms with Gasteiger partial charge in [-0.1, -0.05) is 85.3 Å². The van der Waals surface area contributed by atoms with Crippen molar-refractivity contribution in [2.24, 2.45) is 0 Å². The second-order valence-electron chi connectivity index (χ2n) is 10.1. The summed E-state index contributed by atoms with van der Waals surface area (Å²) >= 11 is 6.50. The van der Waals surface area contributed by atoms with Crippen LogP contribution in [0, 0.1) is 13.8 Å². The minimum atomic E-state index is -3.84. The van der Waals surface area contributed by atoms with E-state index in [9.17, 15) is 18.0 Å². The number of benzene rings is 3. The fourth-order valence-electron chi connectivity index (χ4n) is 4.58. The number of hydrogen-bond donors (Lipinski definition) is 1. The van der Waals surface area contributed by atoms with Gasteiger partial charge < -0.3 is 10.2 Å². The van der Waals surface area contributed by atoms with Gasteiger partial charge in [0, 0.05) is 24.0 Å². The average molecular weight is 584 g/mol. The molecule has 0 fully saturated rings. The smallest absolute Gasteiger partial charge is 0.244 e. The van der Waals surface area contributed by atoms with Crippen molar-refractivity contribution in [3.8, 4) is 0 Å². The minimum absolute atomic E-state index is 0.0360. The maximum atomic E-state index is 14.2. The molecule has 7 nitrogen and oxygen atoms in total. The topological polar surface area (TPSA) is 86.8 Å². The first-order valence-electron chi connectivity index (χ1n) is 13.3. The number of sulfonamides is 1. The summed E-state index contributed by atoms with van der Waals surface area (Å²) in [4.78, 5) is 29.4. The Bertz CT molecular complexity index is 1410. The Morgan fingerprint density at radius 1 is 0.925 bits per heavy atom. The van der Waals surface area contributed by atoms with Gasteiger partial charge in [0.1, 0.15) is 12.6 Å². The lowest BCUT2D eigenvalue weighted by atomic mass is 10.0. The molecule has 214 valence electrons. The number of rotatable bonds is 12. The molecule has 3 aromatic carbocycles. The Morgan fingerprint density at radius 3 is 2.10 bits per heavy atom. The van der Waals surface area contributed by atoms with Gasteiger partial charge in [0.05, 0.1) is 11.9 Å². The Morgan fingerprint density at radius 2 is 1.52 bits per heavy atom. The van der Waals surface area contributed by atoms with Crippen LogP contribution in [0.4, 0.5) is 5.69 Å². The molecule has 0 heterocycles. The van der Waals surface area contributed by atoms with Crippen molar-refractivity contribution in [3.63, 3.8) is 0 Å². The number of aryl methyl sites for hydroxylation is 2. The Labute approximate surface area is 243 Å². The van der Waals surface area contributed by atoms with Crippen molar-refractivity contribution in [1.29, 1.82) is 0 Å². The highest BCUT2D eigenvalue weighted by molar-refractivity contribution is 7.92. The van der Waals surface area contributed by atoms with Crippen molar-refractivity contribution in [3.05, 3.63) is 100 Å². The molecule has 0 unspecified atom stereocenters. The van der Waals surface area contributed by atoms with Crippen LogP contribution in [0.3, 0.4) is 0 Å². The molecule has 0 spiro atoms. The molecule has 0 aliphatic carbocycles. The lowest BCUT2D eigenvalue weighted by Crippen LogP contribution is -2.54. The van der Waals surface area contributed by atoms with Gasteiger partial charge in [0.25, 0.3) is 0 Å². The van der Waals surface area contributed by atoms with Gasteiger partial charge in [0.2, 0.25) is 21.8 Å². The van der Waals surface area contributed by atoms with E-state index in [4.69, 9.17) is 11.6 Å². The molecule has 2 atom stereocenters. The SMILES string of the molecule is CC[C@H](C)NC(=O)[C@@H](Cc1ccccc1)N(Cc1ccccc1Cl)C(=O)CN(c1c(C)cccc1C)S(C)(=O)=O. The van der Waals surface area contributed by atoms with Crippen molar-refractivity contribution >= 4 is 39.1 Å². The fraction of sp³-hybridized carbons (Fsp3) is 0.355. The normalized spacial score (nSPS) is 12.8. The van der Waals surface area contributed by atoms with Gasteiger partial charge in [-0.2, -0.15) is 0 Å². The summed E-state index contributed by atoms with van der Waals surface area (Å²) in [5, 5.41) is 3.48. The standard InChI is InChI=1S/C31H38ClN3O4S/c1-6-24(4)33-31(37)28(19-25-15-8-7-9-16-25)34(20-26-17-10-11-18-27(26)32)29(36)21-35(40(5,38)39)30-22(2)13-12-14-23(30)3/h7-18,24,28H,6,19-21H2,1-5H3,(H,33,37)/t24-,28+/m0/s1. The summed E-state index contributed by atoms with van der Waals surface area (Å²) in [6.45, 7) is 7.07. The number of carbonyl (C=O) groups excluding carboxylic acids is 2. The van der Waals surface area contributed by atoms with E-state index in [0.29, 0.717) is 16.3 Å². The predicted molar refractivity (Wildman–Crippen MR) is 162 cm³/mol. The Kier molecular flexibility index (Phi) is 10.8. The molecule has 0 bridgehead atoms. The van der Waals surface area contributed by atoms with Gasteiger partial charge in [-0.05, 0) is 55.5 Å². The van der Waals surface area contributed by atoms with Crippen molar-refractivity contribution in [2.45, 2.75) is 59.2 Å². The summed E-state index contributed by atoms with van der Waals surface area (Å²) in [5.74, 6) is -0.815. The van der Waals surface area contributed by atoms with Gasteiger partial charge in [-0.3, -0.25) is 13.9 Å². The molecule has 9 heteroatoms. The zero-order valence-electron chi connectivity index (χ0n) is 23.7. The third-order valence-corrected chi connectivity index (χ3v) is 8.42. The van der Waals surface area contributed by atoms with Crippen LogP contribution in [0.5, 0.6) is 0 Å². The van der Waals surface area contributed by atoms with Crippen LogP contribution in [0.15, 0.2) is 72.8 Å². The zero-order chi connectivity index (χ0) is 29.4. The van der Waals surface area contributed by atoms with Crippen molar-refractivity contribution < 1.29 is 18.0 Å². The molecule has 0 saturated heterocycles. The molecule has 3 aromatic rings. The highest BCUT2D eigenvalue weighted by Crippen LogP contribution is 2.28. The van der Waals surface area contributed by atoms with Crippen LogP contribution < -0.4 is 9.62 Å². The molecule has 0 aliphatic heterocycles. The summed E-state index contributed by atoms with van der Waals surface area (Å²) in [6, 6.07) is 21.0. The number of hydrogen-bond acceptors (Lipinski definition) is 4. The summed E-state index contributed by atoms with van der Waals surface area (Å²) in [5.41, 5.74) is 3.44. The van der Waals surface area contributed by atoms with Gasteiger partial charge in [-0.25, -0.2) is 8.42 Å².